The molecule has 2 rings (SSSR count). The first-order valence-corrected chi connectivity index (χ1v) is 8.31. The molecule has 0 atom stereocenters. The Balaban J connectivity index is 0.00000288. The second kappa shape index (κ2) is 11.3. The van der Waals surface area contributed by atoms with Gasteiger partial charge in [0.2, 0.25) is 0 Å². The van der Waals surface area contributed by atoms with E-state index in [4.69, 9.17) is 11.6 Å². The molecule has 1 aliphatic rings. The minimum atomic E-state index is -0.177. The SMILES string of the molecule is CCNC(=NCCNC(=O)c1ccccc1Cl)NC1CC=CC1.I. The number of amides is 1. The monoisotopic (exact) mass is 462 g/mol. The van der Waals surface area contributed by atoms with E-state index >= 15 is 0 Å². The Kier molecular flexibility index (Phi) is 9.78. The van der Waals surface area contributed by atoms with E-state index in [2.05, 4.69) is 33.1 Å². The third-order valence-electron chi connectivity index (χ3n) is 3.48. The molecule has 132 valence electrons. The number of hydrogen-bond acceptors (Lipinski definition) is 2. The molecular formula is C17H24ClIN4O. The third kappa shape index (κ3) is 6.68. The summed E-state index contributed by atoms with van der Waals surface area (Å²) < 4.78 is 0. The summed E-state index contributed by atoms with van der Waals surface area (Å²) >= 11 is 6.00. The van der Waals surface area contributed by atoms with Gasteiger partial charge in [0.1, 0.15) is 0 Å². The highest BCUT2D eigenvalue weighted by Crippen LogP contribution is 2.14. The Morgan fingerprint density at radius 3 is 2.62 bits per heavy atom. The van der Waals surface area contributed by atoms with Crippen LogP contribution in [0, 0.1) is 0 Å². The Labute approximate surface area is 165 Å². The van der Waals surface area contributed by atoms with E-state index < -0.39 is 0 Å². The van der Waals surface area contributed by atoms with Crippen molar-refractivity contribution in [3.8, 4) is 0 Å². The Morgan fingerprint density at radius 2 is 1.96 bits per heavy atom. The second-order valence-electron chi connectivity index (χ2n) is 5.28. The van der Waals surface area contributed by atoms with Crippen LogP contribution in [0.2, 0.25) is 5.02 Å². The lowest BCUT2D eigenvalue weighted by molar-refractivity contribution is 0.0955. The number of hydrogen-bond donors (Lipinski definition) is 3. The number of aliphatic imine (C=N–C) groups is 1. The van der Waals surface area contributed by atoms with Crippen LogP contribution in [0.25, 0.3) is 0 Å². The first kappa shape index (κ1) is 20.8. The van der Waals surface area contributed by atoms with Crippen molar-refractivity contribution in [2.45, 2.75) is 25.8 Å². The molecule has 24 heavy (non-hydrogen) atoms. The molecule has 0 saturated heterocycles. The van der Waals surface area contributed by atoms with Crippen LogP contribution in [-0.4, -0.2) is 37.5 Å². The van der Waals surface area contributed by atoms with Gasteiger partial charge >= 0.3 is 0 Å². The van der Waals surface area contributed by atoms with E-state index in [1.54, 1.807) is 24.3 Å². The zero-order valence-corrected chi connectivity index (χ0v) is 16.8. The molecule has 0 radical (unpaired) electrons. The molecule has 0 fully saturated rings. The second-order valence-corrected chi connectivity index (χ2v) is 5.69. The highest BCUT2D eigenvalue weighted by Gasteiger charge is 2.11. The maximum atomic E-state index is 12.0. The summed E-state index contributed by atoms with van der Waals surface area (Å²) in [4.78, 5) is 16.5. The van der Waals surface area contributed by atoms with E-state index in [1.165, 1.54) is 0 Å². The Hall–Kier alpha value is -1.28. The zero-order valence-electron chi connectivity index (χ0n) is 13.7. The first-order chi connectivity index (χ1) is 11.2. The van der Waals surface area contributed by atoms with Crippen molar-refractivity contribution in [1.82, 2.24) is 16.0 Å². The van der Waals surface area contributed by atoms with Crippen LogP contribution < -0.4 is 16.0 Å². The molecule has 0 saturated carbocycles. The van der Waals surface area contributed by atoms with E-state index in [1.807, 2.05) is 6.92 Å². The largest absolute Gasteiger partial charge is 0.357 e. The quantitative estimate of drug-likeness (QED) is 0.200. The van der Waals surface area contributed by atoms with E-state index in [0.717, 1.165) is 25.3 Å². The van der Waals surface area contributed by atoms with Crippen molar-refractivity contribution in [3.63, 3.8) is 0 Å². The lowest BCUT2D eigenvalue weighted by Gasteiger charge is -2.16. The topological polar surface area (TPSA) is 65.5 Å². The van der Waals surface area contributed by atoms with Crippen molar-refractivity contribution in [1.29, 1.82) is 0 Å². The van der Waals surface area contributed by atoms with Crippen LogP contribution in [0.4, 0.5) is 0 Å². The van der Waals surface area contributed by atoms with Crippen molar-refractivity contribution in [3.05, 3.63) is 47.0 Å². The van der Waals surface area contributed by atoms with Crippen LogP contribution in [-0.2, 0) is 0 Å². The van der Waals surface area contributed by atoms with Crippen LogP contribution >= 0.6 is 35.6 Å². The summed E-state index contributed by atoms with van der Waals surface area (Å²) in [6.07, 6.45) is 6.39. The fourth-order valence-corrected chi connectivity index (χ4v) is 2.55. The standard InChI is InChI=1S/C17H23ClN4O.HI/c1-2-19-17(22-13-7-3-4-8-13)21-12-11-20-16(23)14-9-5-6-10-15(14)18;/h3-6,9-10,13H,2,7-8,11-12H2,1H3,(H,20,23)(H2,19,21,22);1H. The predicted octanol–water partition coefficient (Wildman–Crippen LogP) is 2.96. The average Bonchev–Trinajstić information content (AvgIpc) is 3.05. The molecular weight excluding hydrogens is 439 g/mol. The summed E-state index contributed by atoms with van der Waals surface area (Å²) in [6, 6.07) is 7.42. The van der Waals surface area contributed by atoms with Crippen LogP contribution in [0.1, 0.15) is 30.1 Å². The number of carbonyl (C=O) groups excluding carboxylic acids is 1. The molecule has 0 spiro atoms. The van der Waals surface area contributed by atoms with Gasteiger partial charge in [0.15, 0.2) is 5.96 Å². The molecule has 0 aliphatic heterocycles. The first-order valence-electron chi connectivity index (χ1n) is 7.93. The predicted molar refractivity (Wildman–Crippen MR) is 110 cm³/mol. The van der Waals surface area contributed by atoms with E-state index in [0.29, 0.717) is 29.7 Å². The average molecular weight is 463 g/mol. The minimum absolute atomic E-state index is 0. The number of guanidine groups is 1. The number of halogens is 2. The zero-order chi connectivity index (χ0) is 16.5. The van der Waals surface area contributed by atoms with Gasteiger partial charge in [-0.2, -0.15) is 0 Å². The number of benzene rings is 1. The highest BCUT2D eigenvalue weighted by molar-refractivity contribution is 14.0. The minimum Gasteiger partial charge on any atom is -0.357 e. The molecule has 1 aromatic carbocycles. The summed E-state index contributed by atoms with van der Waals surface area (Å²) in [7, 11) is 0. The van der Waals surface area contributed by atoms with E-state index in [-0.39, 0.29) is 29.9 Å². The van der Waals surface area contributed by atoms with Crippen molar-refractivity contribution >= 4 is 47.4 Å². The van der Waals surface area contributed by atoms with Crippen LogP contribution in [0.15, 0.2) is 41.4 Å². The van der Waals surface area contributed by atoms with Gasteiger partial charge in [0.05, 0.1) is 17.1 Å². The summed E-state index contributed by atoms with van der Waals surface area (Å²) in [5.74, 6) is 0.608. The lowest BCUT2D eigenvalue weighted by Crippen LogP contribution is -2.43. The summed E-state index contributed by atoms with van der Waals surface area (Å²) in [6.45, 7) is 3.80. The molecule has 0 aromatic heterocycles. The number of nitrogens with zero attached hydrogens (tertiary/aromatic N) is 1. The van der Waals surface area contributed by atoms with Gasteiger partial charge in [-0.25, -0.2) is 0 Å². The molecule has 7 heteroatoms. The van der Waals surface area contributed by atoms with Gasteiger partial charge in [0.25, 0.3) is 5.91 Å². The maximum absolute atomic E-state index is 12.0. The van der Waals surface area contributed by atoms with Crippen LogP contribution in [0.3, 0.4) is 0 Å². The maximum Gasteiger partial charge on any atom is 0.252 e. The fraction of sp³-hybridized carbons (Fsp3) is 0.412. The van der Waals surface area contributed by atoms with Gasteiger partial charge in [-0.15, -0.1) is 24.0 Å². The van der Waals surface area contributed by atoms with Gasteiger partial charge < -0.3 is 16.0 Å². The van der Waals surface area contributed by atoms with Gasteiger partial charge in [-0.3, -0.25) is 9.79 Å². The van der Waals surface area contributed by atoms with Crippen LogP contribution in [0.5, 0.6) is 0 Å². The third-order valence-corrected chi connectivity index (χ3v) is 3.81. The fourth-order valence-electron chi connectivity index (χ4n) is 2.33. The van der Waals surface area contributed by atoms with Crippen molar-refractivity contribution in [2.24, 2.45) is 4.99 Å². The smallest absolute Gasteiger partial charge is 0.252 e. The van der Waals surface area contributed by atoms with E-state index in [9.17, 15) is 4.79 Å². The molecule has 3 N–H and O–H groups in total. The van der Waals surface area contributed by atoms with Gasteiger partial charge in [-0.1, -0.05) is 35.9 Å². The van der Waals surface area contributed by atoms with Crippen molar-refractivity contribution < 1.29 is 4.79 Å². The molecule has 0 unspecified atom stereocenters. The van der Waals surface area contributed by atoms with Crippen molar-refractivity contribution in [2.75, 3.05) is 19.6 Å². The summed E-state index contributed by atoms with van der Waals surface area (Å²) in [5.41, 5.74) is 0.486. The molecule has 0 bridgehead atoms. The molecule has 1 aliphatic carbocycles. The molecule has 1 aromatic rings. The Bertz CT molecular complexity index is 584. The van der Waals surface area contributed by atoms with Gasteiger partial charge in [0, 0.05) is 19.1 Å². The van der Waals surface area contributed by atoms with Gasteiger partial charge in [-0.05, 0) is 31.9 Å². The lowest BCUT2D eigenvalue weighted by atomic mass is 10.2. The molecule has 5 nitrogen and oxygen atoms in total. The Morgan fingerprint density at radius 1 is 1.25 bits per heavy atom. The highest BCUT2D eigenvalue weighted by atomic mass is 127. The number of rotatable bonds is 6. The number of carbonyl (C=O) groups is 1. The normalized spacial score (nSPS) is 14.2. The summed E-state index contributed by atoms with van der Waals surface area (Å²) in [5, 5.41) is 9.89. The number of nitrogens with one attached hydrogen (secondary N) is 3. The molecule has 1 amide bonds. The molecule has 0 heterocycles.